The van der Waals surface area contributed by atoms with Crippen molar-refractivity contribution in [2.24, 2.45) is 0 Å². The second kappa shape index (κ2) is 6.00. The van der Waals surface area contributed by atoms with Gasteiger partial charge in [-0.05, 0) is 31.4 Å². The van der Waals surface area contributed by atoms with Crippen molar-refractivity contribution < 1.29 is 14.7 Å². The van der Waals surface area contributed by atoms with Crippen LogP contribution in [0.25, 0.3) is 0 Å². The quantitative estimate of drug-likeness (QED) is 0.893. The molecule has 1 unspecified atom stereocenters. The van der Waals surface area contributed by atoms with Crippen LogP contribution in [0.3, 0.4) is 0 Å². The Balaban J connectivity index is 2.95. The number of hydrogen-bond donors (Lipinski definition) is 1. The molecule has 0 bridgehead atoms. The number of hydrogen-bond acceptors (Lipinski definition) is 3. The van der Waals surface area contributed by atoms with Crippen LogP contribution in [0.15, 0.2) is 6.07 Å². The number of amides is 1. The summed E-state index contributed by atoms with van der Waals surface area (Å²) in [6.45, 7) is 5.78. The van der Waals surface area contributed by atoms with Crippen LogP contribution in [0, 0.1) is 6.92 Å². The lowest BCUT2D eigenvalue weighted by molar-refractivity contribution is -0.142. The lowest BCUT2D eigenvalue weighted by Crippen LogP contribution is -2.41. The summed E-state index contributed by atoms with van der Waals surface area (Å²) in [7, 11) is 1.55. The Bertz CT molecular complexity index is 453. The van der Waals surface area contributed by atoms with E-state index in [9.17, 15) is 9.59 Å². The molecule has 0 aliphatic carbocycles. The molecule has 0 saturated carbocycles. The Hall–Kier alpha value is -1.36. The summed E-state index contributed by atoms with van der Waals surface area (Å²) in [5.41, 5.74) is 1.10. The SMILES string of the molecule is CCc1sc(C(=O)N(C)C(CC)C(=O)O)cc1C. The van der Waals surface area contributed by atoms with E-state index in [0.717, 1.165) is 12.0 Å². The number of nitrogens with zero attached hydrogens (tertiary/aromatic N) is 1. The molecule has 0 aliphatic heterocycles. The molecule has 18 heavy (non-hydrogen) atoms. The molecular weight excluding hydrogens is 250 g/mol. The van der Waals surface area contributed by atoms with E-state index in [2.05, 4.69) is 0 Å². The lowest BCUT2D eigenvalue weighted by atomic mass is 10.2. The minimum absolute atomic E-state index is 0.211. The third-order valence-electron chi connectivity index (χ3n) is 3.01. The third kappa shape index (κ3) is 2.90. The molecule has 1 aromatic heterocycles. The molecule has 0 spiro atoms. The standard InChI is InChI=1S/C13H19NO3S/c1-5-9(13(16)17)14(4)12(15)11-7-8(3)10(6-2)18-11/h7,9H,5-6H2,1-4H3,(H,16,17). The zero-order valence-corrected chi connectivity index (χ0v) is 12.0. The van der Waals surface area contributed by atoms with E-state index in [1.807, 2.05) is 19.9 Å². The fraction of sp³-hybridized carbons (Fsp3) is 0.538. The lowest BCUT2D eigenvalue weighted by Gasteiger charge is -2.23. The molecule has 1 N–H and O–H groups in total. The van der Waals surface area contributed by atoms with Gasteiger partial charge >= 0.3 is 5.97 Å². The van der Waals surface area contributed by atoms with Crippen LogP contribution >= 0.6 is 11.3 Å². The number of thiophene rings is 1. The van der Waals surface area contributed by atoms with Crippen LogP contribution in [0.4, 0.5) is 0 Å². The highest BCUT2D eigenvalue weighted by atomic mass is 32.1. The highest BCUT2D eigenvalue weighted by Gasteiger charge is 2.26. The number of rotatable bonds is 5. The fourth-order valence-corrected chi connectivity index (χ4v) is 3.00. The monoisotopic (exact) mass is 269 g/mol. The predicted octanol–water partition coefficient (Wildman–Crippen LogP) is 2.55. The van der Waals surface area contributed by atoms with Gasteiger partial charge in [0.2, 0.25) is 0 Å². The summed E-state index contributed by atoms with van der Waals surface area (Å²) in [6, 6.07) is 1.08. The second-order valence-corrected chi connectivity index (χ2v) is 5.39. The van der Waals surface area contributed by atoms with E-state index in [0.29, 0.717) is 11.3 Å². The first-order valence-corrected chi connectivity index (χ1v) is 6.83. The maximum Gasteiger partial charge on any atom is 0.326 e. The number of carboxylic acid groups (broad SMARTS) is 1. The van der Waals surface area contributed by atoms with Crippen LogP contribution in [0.2, 0.25) is 0 Å². The third-order valence-corrected chi connectivity index (χ3v) is 4.38. The van der Waals surface area contributed by atoms with Crippen LogP contribution in [0.1, 0.15) is 40.4 Å². The number of carbonyl (C=O) groups is 2. The normalized spacial score (nSPS) is 12.2. The maximum atomic E-state index is 12.2. The number of carboxylic acids is 1. The Labute approximate surface area is 111 Å². The average Bonchev–Trinajstić information content (AvgIpc) is 2.69. The smallest absolute Gasteiger partial charge is 0.326 e. The van der Waals surface area contributed by atoms with Crippen molar-refractivity contribution in [2.75, 3.05) is 7.05 Å². The molecule has 100 valence electrons. The van der Waals surface area contributed by atoms with E-state index in [4.69, 9.17) is 5.11 Å². The van der Waals surface area contributed by atoms with Gasteiger partial charge in [0, 0.05) is 11.9 Å². The number of aliphatic carboxylic acids is 1. The molecule has 1 aromatic rings. The largest absolute Gasteiger partial charge is 0.480 e. The summed E-state index contributed by atoms with van der Waals surface area (Å²) in [5.74, 6) is -1.17. The highest BCUT2D eigenvalue weighted by molar-refractivity contribution is 7.14. The Morgan fingerprint density at radius 1 is 1.44 bits per heavy atom. The van der Waals surface area contributed by atoms with E-state index in [-0.39, 0.29) is 5.91 Å². The number of carbonyl (C=O) groups excluding carboxylic acids is 1. The minimum Gasteiger partial charge on any atom is -0.480 e. The van der Waals surface area contributed by atoms with Crippen molar-refractivity contribution in [3.63, 3.8) is 0 Å². The molecule has 0 aromatic carbocycles. The molecule has 4 nitrogen and oxygen atoms in total. The van der Waals surface area contributed by atoms with Crippen molar-refractivity contribution in [2.45, 2.75) is 39.7 Å². The topological polar surface area (TPSA) is 57.6 Å². The Morgan fingerprint density at radius 2 is 2.06 bits per heavy atom. The summed E-state index contributed by atoms with van der Waals surface area (Å²) in [5, 5.41) is 9.05. The zero-order valence-electron chi connectivity index (χ0n) is 11.2. The number of aryl methyl sites for hydroxylation is 2. The van der Waals surface area contributed by atoms with Gasteiger partial charge in [-0.1, -0.05) is 13.8 Å². The minimum atomic E-state index is -0.961. The van der Waals surface area contributed by atoms with Crippen LogP contribution in [-0.2, 0) is 11.2 Å². The van der Waals surface area contributed by atoms with Crippen LogP contribution < -0.4 is 0 Å². The van der Waals surface area contributed by atoms with Crippen LogP contribution in [-0.4, -0.2) is 35.0 Å². The molecular formula is C13H19NO3S. The summed E-state index contributed by atoms with van der Waals surface area (Å²) >= 11 is 1.45. The van der Waals surface area contributed by atoms with Crippen molar-refractivity contribution in [1.82, 2.24) is 4.90 Å². The van der Waals surface area contributed by atoms with Gasteiger partial charge in [-0.25, -0.2) is 4.79 Å². The van der Waals surface area contributed by atoms with Crippen LogP contribution in [0.5, 0.6) is 0 Å². The van der Waals surface area contributed by atoms with Gasteiger partial charge in [-0.15, -0.1) is 11.3 Å². The van der Waals surface area contributed by atoms with Gasteiger partial charge in [0.05, 0.1) is 4.88 Å². The van der Waals surface area contributed by atoms with Gasteiger partial charge in [0.1, 0.15) is 6.04 Å². The predicted molar refractivity (Wildman–Crippen MR) is 72.2 cm³/mol. The van der Waals surface area contributed by atoms with E-state index >= 15 is 0 Å². The molecule has 0 radical (unpaired) electrons. The summed E-state index contributed by atoms with van der Waals surface area (Å²) in [6.07, 6.45) is 1.30. The van der Waals surface area contributed by atoms with Gasteiger partial charge in [0.15, 0.2) is 0 Å². The first-order valence-electron chi connectivity index (χ1n) is 6.01. The van der Waals surface area contributed by atoms with Crippen molar-refractivity contribution >= 4 is 23.2 Å². The Morgan fingerprint density at radius 3 is 2.44 bits per heavy atom. The Kier molecular flexibility index (Phi) is 4.90. The highest BCUT2D eigenvalue weighted by Crippen LogP contribution is 2.24. The van der Waals surface area contributed by atoms with Crippen molar-refractivity contribution in [1.29, 1.82) is 0 Å². The molecule has 1 amide bonds. The van der Waals surface area contributed by atoms with Gasteiger partial charge in [-0.3, -0.25) is 4.79 Å². The fourth-order valence-electron chi connectivity index (χ4n) is 1.91. The molecule has 0 aliphatic rings. The van der Waals surface area contributed by atoms with E-state index in [1.54, 1.807) is 14.0 Å². The zero-order chi connectivity index (χ0) is 13.9. The maximum absolute atomic E-state index is 12.2. The summed E-state index contributed by atoms with van der Waals surface area (Å²) in [4.78, 5) is 26.4. The first kappa shape index (κ1) is 14.7. The summed E-state index contributed by atoms with van der Waals surface area (Å²) < 4.78 is 0. The van der Waals surface area contributed by atoms with Crippen molar-refractivity contribution in [3.8, 4) is 0 Å². The van der Waals surface area contributed by atoms with Gasteiger partial charge in [-0.2, -0.15) is 0 Å². The first-order chi connectivity index (χ1) is 8.42. The molecule has 0 fully saturated rings. The molecule has 1 heterocycles. The number of likely N-dealkylation sites (N-methyl/N-ethyl adjacent to an activating group) is 1. The van der Waals surface area contributed by atoms with Gasteiger partial charge < -0.3 is 10.0 Å². The second-order valence-electron chi connectivity index (χ2n) is 4.25. The molecule has 0 saturated heterocycles. The average molecular weight is 269 g/mol. The van der Waals surface area contributed by atoms with E-state index in [1.165, 1.54) is 21.1 Å². The van der Waals surface area contributed by atoms with E-state index < -0.39 is 12.0 Å². The molecule has 1 atom stereocenters. The molecule has 1 rings (SSSR count). The molecule has 5 heteroatoms. The van der Waals surface area contributed by atoms with Gasteiger partial charge in [0.25, 0.3) is 5.91 Å². The van der Waals surface area contributed by atoms with Crippen molar-refractivity contribution in [3.05, 3.63) is 21.4 Å².